The zero-order chi connectivity index (χ0) is 16.6. The maximum atomic E-state index is 12.6. The Balaban J connectivity index is 1.87. The molecular formula is C17H22N2O3S. The minimum Gasteiger partial charge on any atom is -0.309 e. The van der Waals surface area contributed by atoms with Crippen LogP contribution in [0.25, 0.3) is 0 Å². The third-order valence-electron chi connectivity index (χ3n) is 4.48. The molecule has 0 saturated carbocycles. The zero-order valence-electron chi connectivity index (χ0n) is 13.5. The normalized spacial score (nSPS) is 23.8. The number of carbonyl (C=O) groups is 1. The molecule has 1 aromatic carbocycles. The van der Waals surface area contributed by atoms with Gasteiger partial charge in [-0.05, 0) is 56.4 Å². The van der Waals surface area contributed by atoms with Crippen molar-refractivity contribution in [1.82, 2.24) is 4.72 Å². The molecule has 0 bridgehead atoms. The first-order valence-electron chi connectivity index (χ1n) is 8.00. The molecule has 1 amide bonds. The monoisotopic (exact) mass is 334 g/mol. The first-order chi connectivity index (χ1) is 10.9. The molecule has 1 heterocycles. The molecule has 3 rings (SSSR count). The topological polar surface area (TPSA) is 66.5 Å². The predicted octanol–water partition coefficient (Wildman–Crippen LogP) is 2.37. The van der Waals surface area contributed by atoms with Gasteiger partial charge in [0, 0.05) is 24.7 Å². The van der Waals surface area contributed by atoms with Crippen LogP contribution in [0.1, 0.15) is 38.7 Å². The average Bonchev–Trinajstić information content (AvgIpc) is 2.82. The number of amides is 1. The van der Waals surface area contributed by atoms with Crippen LogP contribution in [0.4, 0.5) is 5.69 Å². The number of anilines is 1. The molecular weight excluding hydrogens is 312 g/mol. The van der Waals surface area contributed by atoms with Gasteiger partial charge in [0.25, 0.3) is 0 Å². The summed E-state index contributed by atoms with van der Waals surface area (Å²) in [5.74, 6) is -0.0164. The van der Waals surface area contributed by atoms with E-state index < -0.39 is 10.0 Å². The van der Waals surface area contributed by atoms with Gasteiger partial charge >= 0.3 is 0 Å². The van der Waals surface area contributed by atoms with Gasteiger partial charge in [-0.25, -0.2) is 13.1 Å². The van der Waals surface area contributed by atoms with Crippen LogP contribution in [0.2, 0.25) is 0 Å². The SMILES string of the molecule is CC(=O)N1c2ccc(S(=O)(=O)NC3C=CCCC3)cc2CC1C. The van der Waals surface area contributed by atoms with Gasteiger partial charge in [-0.1, -0.05) is 12.2 Å². The predicted molar refractivity (Wildman–Crippen MR) is 89.9 cm³/mol. The summed E-state index contributed by atoms with van der Waals surface area (Å²) in [7, 11) is -3.54. The van der Waals surface area contributed by atoms with Crippen LogP contribution in [-0.2, 0) is 21.2 Å². The summed E-state index contributed by atoms with van der Waals surface area (Å²) in [6.45, 7) is 3.51. The van der Waals surface area contributed by atoms with Crippen LogP contribution >= 0.6 is 0 Å². The summed E-state index contributed by atoms with van der Waals surface area (Å²) in [6.07, 6.45) is 7.46. The largest absolute Gasteiger partial charge is 0.309 e. The Labute approximate surface area is 137 Å². The number of fused-ring (bicyclic) bond motifs is 1. The Morgan fingerprint density at radius 1 is 1.35 bits per heavy atom. The van der Waals surface area contributed by atoms with E-state index in [0.29, 0.717) is 6.42 Å². The van der Waals surface area contributed by atoms with E-state index in [1.165, 1.54) is 6.92 Å². The van der Waals surface area contributed by atoms with Crippen LogP contribution in [0, 0.1) is 0 Å². The summed E-state index contributed by atoms with van der Waals surface area (Å²) < 4.78 is 27.9. The Morgan fingerprint density at radius 2 is 2.13 bits per heavy atom. The van der Waals surface area contributed by atoms with Crippen molar-refractivity contribution in [2.75, 3.05) is 4.90 Å². The average molecular weight is 334 g/mol. The quantitative estimate of drug-likeness (QED) is 0.863. The fourth-order valence-electron chi connectivity index (χ4n) is 3.43. The molecule has 23 heavy (non-hydrogen) atoms. The Bertz CT molecular complexity index is 755. The van der Waals surface area contributed by atoms with Crippen molar-refractivity contribution in [1.29, 1.82) is 0 Å². The van der Waals surface area contributed by atoms with Gasteiger partial charge in [0.05, 0.1) is 4.90 Å². The molecule has 0 aromatic heterocycles. The van der Waals surface area contributed by atoms with Gasteiger partial charge in [0.15, 0.2) is 0 Å². The van der Waals surface area contributed by atoms with E-state index in [1.807, 2.05) is 19.1 Å². The summed E-state index contributed by atoms with van der Waals surface area (Å²) in [5, 5.41) is 0. The molecule has 0 radical (unpaired) electrons. The molecule has 0 spiro atoms. The molecule has 0 fully saturated rings. The number of nitrogens with zero attached hydrogens (tertiary/aromatic N) is 1. The number of carbonyl (C=O) groups excluding carboxylic acids is 1. The number of benzene rings is 1. The highest BCUT2D eigenvalue weighted by Crippen LogP contribution is 2.34. The lowest BCUT2D eigenvalue weighted by molar-refractivity contribution is -0.116. The zero-order valence-corrected chi connectivity index (χ0v) is 14.3. The van der Waals surface area contributed by atoms with Gasteiger partial charge in [-0.2, -0.15) is 0 Å². The van der Waals surface area contributed by atoms with Crippen LogP contribution in [-0.4, -0.2) is 26.4 Å². The van der Waals surface area contributed by atoms with E-state index in [0.717, 1.165) is 30.5 Å². The summed E-state index contributed by atoms with van der Waals surface area (Å²) in [5.41, 5.74) is 1.73. The Morgan fingerprint density at radius 3 is 2.78 bits per heavy atom. The molecule has 1 aliphatic carbocycles. The second-order valence-corrected chi connectivity index (χ2v) is 8.03. The lowest BCUT2D eigenvalue weighted by Gasteiger charge is -2.21. The molecule has 6 heteroatoms. The van der Waals surface area contributed by atoms with E-state index in [9.17, 15) is 13.2 Å². The third kappa shape index (κ3) is 3.19. The maximum Gasteiger partial charge on any atom is 0.241 e. The number of hydrogen-bond donors (Lipinski definition) is 1. The fraction of sp³-hybridized carbons (Fsp3) is 0.471. The van der Waals surface area contributed by atoms with E-state index in [-0.39, 0.29) is 22.9 Å². The lowest BCUT2D eigenvalue weighted by Crippen LogP contribution is -2.34. The van der Waals surface area contributed by atoms with Gasteiger partial charge in [0.1, 0.15) is 0 Å². The minimum atomic E-state index is -3.54. The van der Waals surface area contributed by atoms with Gasteiger partial charge in [-0.3, -0.25) is 4.79 Å². The highest BCUT2D eigenvalue weighted by Gasteiger charge is 2.30. The number of sulfonamides is 1. The first kappa shape index (κ1) is 16.2. The second kappa shape index (κ2) is 6.09. The standard InChI is InChI=1S/C17H22N2O3S/c1-12-10-14-11-16(8-9-17(14)19(12)13(2)20)23(21,22)18-15-6-4-3-5-7-15/h4,6,8-9,11-12,15,18H,3,5,7,10H2,1-2H3. The van der Waals surface area contributed by atoms with Crippen molar-refractivity contribution >= 4 is 21.6 Å². The van der Waals surface area contributed by atoms with Gasteiger partial charge in [-0.15, -0.1) is 0 Å². The molecule has 1 aromatic rings. The van der Waals surface area contributed by atoms with Crippen molar-refractivity contribution < 1.29 is 13.2 Å². The second-order valence-electron chi connectivity index (χ2n) is 6.32. The minimum absolute atomic E-state index is 0.0164. The van der Waals surface area contributed by atoms with Crippen LogP contribution in [0.15, 0.2) is 35.2 Å². The smallest absolute Gasteiger partial charge is 0.241 e. The summed E-state index contributed by atoms with van der Waals surface area (Å²) >= 11 is 0. The Kier molecular flexibility index (Phi) is 4.29. The molecule has 1 aliphatic heterocycles. The number of nitrogens with one attached hydrogen (secondary N) is 1. The van der Waals surface area contributed by atoms with E-state index in [2.05, 4.69) is 4.72 Å². The van der Waals surface area contributed by atoms with E-state index in [4.69, 9.17) is 0 Å². The van der Waals surface area contributed by atoms with Gasteiger partial charge in [0.2, 0.25) is 15.9 Å². The summed E-state index contributed by atoms with van der Waals surface area (Å²) in [6, 6.07) is 4.96. The van der Waals surface area contributed by atoms with E-state index >= 15 is 0 Å². The van der Waals surface area contributed by atoms with Crippen LogP contribution < -0.4 is 9.62 Å². The first-order valence-corrected chi connectivity index (χ1v) is 9.48. The van der Waals surface area contributed by atoms with Crippen molar-refractivity contribution in [3.8, 4) is 0 Å². The van der Waals surface area contributed by atoms with Crippen molar-refractivity contribution in [2.45, 2.75) is 56.5 Å². The Hall–Kier alpha value is -1.66. The molecule has 124 valence electrons. The van der Waals surface area contributed by atoms with Crippen LogP contribution in [0.3, 0.4) is 0 Å². The van der Waals surface area contributed by atoms with Crippen molar-refractivity contribution in [3.63, 3.8) is 0 Å². The number of rotatable bonds is 3. The maximum absolute atomic E-state index is 12.6. The lowest BCUT2D eigenvalue weighted by atomic mass is 10.0. The molecule has 1 N–H and O–H groups in total. The molecule has 2 aliphatic rings. The highest BCUT2D eigenvalue weighted by atomic mass is 32.2. The van der Waals surface area contributed by atoms with E-state index in [1.54, 1.807) is 23.1 Å². The highest BCUT2D eigenvalue weighted by molar-refractivity contribution is 7.89. The molecule has 2 unspecified atom stereocenters. The van der Waals surface area contributed by atoms with Crippen molar-refractivity contribution in [3.05, 3.63) is 35.9 Å². The molecule has 5 nitrogen and oxygen atoms in total. The van der Waals surface area contributed by atoms with Gasteiger partial charge < -0.3 is 4.90 Å². The van der Waals surface area contributed by atoms with Crippen molar-refractivity contribution in [2.24, 2.45) is 0 Å². The number of hydrogen-bond acceptors (Lipinski definition) is 3. The third-order valence-corrected chi connectivity index (χ3v) is 5.96. The molecule has 0 saturated heterocycles. The fourth-order valence-corrected chi connectivity index (χ4v) is 4.71. The molecule has 2 atom stereocenters. The summed E-state index contributed by atoms with van der Waals surface area (Å²) in [4.78, 5) is 13.7. The number of allylic oxidation sites excluding steroid dienone is 1. The van der Waals surface area contributed by atoms with Crippen LogP contribution in [0.5, 0.6) is 0 Å².